The predicted octanol–water partition coefficient (Wildman–Crippen LogP) is 5.14. The number of benzene rings is 1. The van der Waals surface area contributed by atoms with E-state index in [2.05, 4.69) is 25.1 Å². The number of rotatable bonds is 6. The van der Waals surface area contributed by atoms with E-state index in [1.807, 2.05) is 7.11 Å². The Hall–Kier alpha value is -1.55. The van der Waals surface area contributed by atoms with E-state index in [0.29, 0.717) is 30.3 Å². The van der Waals surface area contributed by atoms with Crippen LogP contribution in [0.15, 0.2) is 18.2 Å². The Morgan fingerprint density at radius 2 is 2.03 bits per heavy atom. The van der Waals surface area contributed by atoms with Crippen molar-refractivity contribution in [2.45, 2.75) is 70.3 Å². The zero-order valence-electron chi connectivity index (χ0n) is 18.4. The van der Waals surface area contributed by atoms with Gasteiger partial charge in [-0.1, -0.05) is 13.0 Å². The highest BCUT2D eigenvalue weighted by molar-refractivity contribution is 5.68. The molecule has 4 heteroatoms. The van der Waals surface area contributed by atoms with Gasteiger partial charge >= 0.3 is 5.97 Å². The first-order valence-electron chi connectivity index (χ1n) is 11.3. The lowest BCUT2D eigenvalue weighted by molar-refractivity contribution is -0.140. The summed E-state index contributed by atoms with van der Waals surface area (Å²) in [7, 11) is 5.12. The Kier molecular flexibility index (Phi) is 5.92. The number of hydrogen-bond acceptors (Lipinski definition) is 4. The van der Waals surface area contributed by atoms with E-state index >= 15 is 0 Å². The van der Waals surface area contributed by atoms with Crippen molar-refractivity contribution in [1.29, 1.82) is 0 Å². The van der Waals surface area contributed by atoms with Crippen molar-refractivity contribution in [3.05, 3.63) is 29.3 Å². The van der Waals surface area contributed by atoms with E-state index in [1.165, 1.54) is 31.9 Å². The third-order valence-electron chi connectivity index (χ3n) is 8.46. The second-order valence-electron chi connectivity index (χ2n) is 9.63. The van der Waals surface area contributed by atoms with Gasteiger partial charge in [-0.2, -0.15) is 0 Å². The highest BCUT2D eigenvalue weighted by Gasteiger charge is 2.58. The lowest BCUT2D eigenvalue weighted by atomic mass is 9.53. The summed E-state index contributed by atoms with van der Waals surface area (Å²) in [6.45, 7) is 2.48. The van der Waals surface area contributed by atoms with Gasteiger partial charge in [0.2, 0.25) is 0 Å². The molecule has 4 rings (SSSR count). The molecule has 1 aromatic carbocycles. The topological polar surface area (TPSA) is 44.8 Å². The van der Waals surface area contributed by atoms with E-state index in [9.17, 15) is 4.79 Å². The van der Waals surface area contributed by atoms with E-state index in [-0.39, 0.29) is 11.4 Å². The predicted molar refractivity (Wildman–Crippen MR) is 113 cm³/mol. The molecule has 0 saturated heterocycles. The van der Waals surface area contributed by atoms with Crippen LogP contribution in [-0.4, -0.2) is 33.4 Å². The molecule has 0 N–H and O–H groups in total. The fourth-order valence-corrected chi connectivity index (χ4v) is 7.19. The molecule has 6 atom stereocenters. The van der Waals surface area contributed by atoms with Crippen molar-refractivity contribution in [1.82, 2.24) is 0 Å². The highest BCUT2D eigenvalue weighted by Crippen LogP contribution is 2.64. The van der Waals surface area contributed by atoms with Crippen LogP contribution in [0, 0.1) is 23.2 Å². The zero-order chi connectivity index (χ0) is 20.6. The standard InChI is InChI=1S/C25H36O4/c1-25-13-12-20-19-11-9-18(27-2)14-16(19)8-10-21(20)24(25)17(15-22(25)28-3)6-5-7-23(26)29-4/h9,11,14,17,20-22,24H,5-8,10,12-13,15H2,1-4H3/t17-,20?,21?,22+,24?,25-/m1/s1. The van der Waals surface area contributed by atoms with E-state index in [0.717, 1.165) is 37.4 Å². The van der Waals surface area contributed by atoms with Crippen LogP contribution < -0.4 is 4.74 Å². The maximum Gasteiger partial charge on any atom is 0.305 e. The number of carbonyl (C=O) groups is 1. The van der Waals surface area contributed by atoms with Crippen LogP contribution in [0.5, 0.6) is 5.75 Å². The van der Waals surface area contributed by atoms with Crippen molar-refractivity contribution < 1.29 is 19.0 Å². The van der Waals surface area contributed by atoms with Crippen molar-refractivity contribution in [2.75, 3.05) is 21.3 Å². The average molecular weight is 401 g/mol. The molecule has 3 aliphatic carbocycles. The van der Waals surface area contributed by atoms with Gasteiger partial charge in [-0.15, -0.1) is 0 Å². The van der Waals surface area contributed by atoms with Gasteiger partial charge in [0, 0.05) is 13.5 Å². The SMILES string of the molecule is COC(=O)CCC[C@@H]1C[C@H](OC)[C@@]2(C)CCC3c4ccc(OC)cc4CCC3C12. The Balaban J connectivity index is 1.58. The lowest BCUT2D eigenvalue weighted by Crippen LogP contribution is -2.45. The molecule has 160 valence electrons. The number of carbonyl (C=O) groups excluding carboxylic acids is 1. The van der Waals surface area contributed by atoms with Gasteiger partial charge in [0.1, 0.15) is 5.75 Å². The average Bonchev–Trinajstić information content (AvgIpc) is 3.04. The van der Waals surface area contributed by atoms with Crippen molar-refractivity contribution in [2.24, 2.45) is 23.2 Å². The summed E-state index contributed by atoms with van der Waals surface area (Å²) in [6.07, 6.45) is 8.93. The molecule has 0 aliphatic heterocycles. The number of ether oxygens (including phenoxy) is 3. The van der Waals surface area contributed by atoms with Crippen molar-refractivity contribution >= 4 is 5.97 Å². The molecule has 4 nitrogen and oxygen atoms in total. The van der Waals surface area contributed by atoms with E-state index < -0.39 is 0 Å². The Bertz CT molecular complexity index is 744. The second kappa shape index (κ2) is 8.29. The van der Waals surface area contributed by atoms with Crippen LogP contribution in [0.25, 0.3) is 0 Å². The molecule has 2 saturated carbocycles. The first kappa shape index (κ1) is 20.7. The minimum atomic E-state index is -0.0869. The minimum absolute atomic E-state index is 0.0869. The summed E-state index contributed by atoms with van der Waals surface area (Å²) < 4.78 is 16.4. The van der Waals surface area contributed by atoms with Crippen LogP contribution in [0.2, 0.25) is 0 Å². The normalized spacial score (nSPS) is 35.4. The summed E-state index contributed by atoms with van der Waals surface area (Å²) in [6, 6.07) is 6.71. The molecular weight excluding hydrogens is 364 g/mol. The smallest absolute Gasteiger partial charge is 0.305 e. The number of fused-ring (bicyclic) bond motifs is 5. The lowest BCUT2D eigenvalue weighted by Gasteiger charge is -2.52. The molecule has 0 radical (unpaired) electrons. The first-order chi connectivity index (χ1) is 14.0. The van der Waals surface area contributed by atoms with Crippen LogP contribution in [0.1, 0.15) is 68.9 Å². The molecule has 0 heterocycles. The molecule has 2 fully saturated rings. The van der Waals surface area contributed by atoms with Crippen molar-refractivity contribution in [3.8, 4) is 5.75 Å². The molecule has 0 bridgehead atoms. The zero-order valence-corrected chi connectivity index (χ0v) is 18.4. The van der Waals surface area contributed by atoms with Gasteiger partial charge < -0.3 is 14.2 Å². The largest absolute Gasteiger partial charge is 0.497 e. The third-order valence-corrected chi connectivity index (χ3v) is 8.46. The second-order valence-corrected chi connectivity index (χ2v) is 9.63. The molecule has 29 heavy (non-hydrogen) atoms. The molecule has 3 unspecified atom stereocenters. The number of methoxy groups -OCH3 is 3. The number of aryl methyl sites for hydroxylation is 1. The fraction of sp³-hybridized carbons (Fsp3) is 0.720. The van der Waals surface area contributed by atoms with Gasteiger partial charge in [-0.05, 0) is 97.3 Å². The maximum absolute atomic E-state index is 11.6. The molecule has 0 amide bonds. The van der Waals surface area contributed by atoms with Crippen LogP contribution >= 0.6 is 0 Å². The molecular formula is C25H36O4. The van der Waals surface area contributed by atoms with Gasteiger partial charge in [0.25, 0.3) is 0 Å². The van der Waals surface area contributed by atoms with Crippen LogP contribution in [-0.2, 0) is 20.7 Å². The molecule has 0 spiro atoms. The maximum atomic E-state index is 11.6. The van der Waals surface area contributed by atoms with Gasteiger partial charge in [-0.25, -0.2) is 0 Å². The van der Waals surface area contributed by atoms with Crippen LogP contribution in [0.4, 0.5) is 0 Å². The Morgan fingerprint density at radius 3 is 2.76 bits per heavy atom. The number of hydrogen-bond donors (Lipinski definition) is 0. The Labute approximate surface area is 175 Å². The fourth-order valence-electron chi connectivity index (χ4n) is 7.19. The van der Waals surface area contributed by atoms with Gasteiger partial charge in [0.15, 0.2) is 0 Å². The monoisotopic (exact) mass is 400 g/mol. The summed E-state index contributed by atoms with van der Waals surface area (Å²) in [5, 5.41) is 0. The van der Waals surface area contributed by atoms with Gasteiger partial charge in [-0.3, -0.25) is 4.79 Å². The van der Waals surface area contributed by atoms with Gasteiger partial charge in [0.05, 0.1) is 20.3 Å². The third kappa shape index (κ3) is 3.58. The summed E-state index contributed by atoms with van der Waals surface area (Å²) in [5.74, 6) is 3.58. The highest BCUT2D eigenvalue weighted by atomic mass is 16.5. The summed E-state index contributed by atoms with van der Waals surface area (Å²) in [4.78, 5) is 11.6. The first-order valence-corrected chi connectivity index (χ1v) is 11.3. The number of esters is 1. The van der Waals surface area contributed by atoms with E-state index in [4.69, 9.17) is 14.2 Å². The molecule has 3 aliphatic rings. The minimum Gasteiger partial charge on any atom is -0.497 e. The van der Waals surface area contributed by atoms with Crippen LogP contribution in [0.3, 0.4) is 0 Å². The molecule has 0 aromatic heterocycles. The Morgan fingerprint density at radius 1 is 1.21 bits per heavy atom. The van der Waals surface area contributed by atoms with Crippen molar-refractivity contribution in [3.63, 3.8) is 0 Å². The molecule has 1 aromatic rings. The quantitative estimate of drug-likeness (QED) is 0.621. The summed E-state index contributed by atoms with van der Waals surface area (Å²) in [5.41, 5.74) is 3.30. The summed E-state index contributed by atoms with van der Waals surface area (Å²) >= 11 is 0. The van der Waals surface area contributed by atoms with E-state index in [1.54, 1.807) is 12.7 Å².